The number of benzene rings is 1. The Hall–Kier alpha value is -1.02. The van der Waals surface area contributed by atoms with Crippen molar-refractivity contribution in [3.63, 3.8) is 0 Å². The van der Waals surface area contributed by atoms with Gasteiger partial charge in [-0.25, -0.2) is 0 Å². The SMILES string of the molecule is COc1c(C(C)C)cc(C(C)CO)cc1C(C)C. The molecule has 0 radical (unpaired) electrons. The lowest BCUT2D eigenvalue weighted by Crippen LogP contribution is -2.06. The second kappa shape index (κ2) is 6.24. The van der Waals surface area contributed by atoms with Gasteiger partial charge in [0.2, 0.25) is 0 Å². The van der Waals surface area contributed by atoms with Gasteiger partial charge in [-0.05, 0) is 28.5 Å². The first-order chi connectivity index (χ1) is 8.42. The molecule has 0 aliphatic rings. The normalized spacial score (nSPS) is 13.2. The maximum atomic E-state index is 9.34. The molecule has 102 valence electrons. The van der Waals surface area contributed by atoms with E-state index in [0.717, 1.165) is 5.75 Å². The molecule has 0 saturated heterocycles. The largest absolute Gasteiger partial charge is 0.496 e. The van der Waals surface area contributed by atoms with Gasteiger partial charge in [0.05, 0.1) is 7.11 Å². The summed E-state index contributed by atoms with van der Waals surface area (Å²) in [6.45, 7) is 10.9. The van der Waals surface area contributed by atoms with Crippen molar-refractivity contribution in [1.29, 1.82) is 0 Å². The summed E-state index contributed by atoms with van der Waals surface area (Å²) >= 11 is 0. The third-order valence-electron chi connectivity index (χ3n) is 3.46. The van der Waals surface area contributed by atoms with E-state index in [2.05, 4.69) is 46.8 Å². The topological polar surface area (TPSA) is 29.5 Å². The average Bonchev–Trinajstić information content (AvgIpc) is 2.35. The third-order valence-corrected chi connectivity index (χ3v) is 3.46. The van der Waals surface area contributed by atoms with Crippen LogP contribution < -0.4 is 4.74 Å². The lowest BCUT2D eigenvalue weighted by atomic mass is 9.88. The molecular formula is C16H26O2. The summed E-state index contributed by atoms with van der Waals surface area (Å²) in [4.78, 5) is 0. The van der Waals surface area contributed by atoms with Crippen LogP contribution in [0.15, 0.2) is 12.1 Å². The van der Waals surface area contributed by atoms with Crippen molar-refractivity contribution >= 4 is 0 Å². The molecule has 18 heavy (non-hydrogen) atoms. The van der Waals surface area contributed by atoms with Crippen LogP contribution in [0, 0.1) is 0 Å². The summed E-state index contributed by atoms with van der Waals surface area (Å²) in [6.07, 6.45) is 0. The standard InChI is InChI=1S/C16H26O2/c1-10(2)14-7-13(12(5)9-17)8-15(11(3)4)16(14)18-6/h7-8,10-12,17H,9H2,1-6H3. The quantitative estimate of drug-likeness (QED) is 0.854. The van der Waals surface area contributed by atoms with Crippen molar-refractivity contribution in [3.05, 3.63) is 28.8 Å². The van der Waals surface area contributed by atoms with Crippen molar-refractivity contribution in [2.24, 2.45) is 0 Å². The Labute approximate surface area is 111 Å². The lowest BCUT2D eigenvalue weighted by molar-refractivity contribution is 0.273. The Morgan fingerprint density at radius 1 is 1.00 bits per heavy atom. The second-order valence-electron chi connectivity index (χ2n) is 5.63. The lowest BCUT2D eigenvalue weighted by Gasteiger charge is -2.22. The van der Waals surface area contributed by atoms with Crippen LogP contribution in [0.4, 0.5) is 0 Å². The van der Waals surface area contributed by atoms with Crippen LogP contribution in [0.1, 0.15) is 69.1 Å². The Morgan fingerprint density at radius 3 is 1.72 bits per heavy atom. The van der Waals surface area contributed by atoms with E-state index in [0.29, 0.717) is 11.8 Å². The van der Waals surface area contributed by atoms with Crippen LogP contribution in [0.2, 0.25) is 0 Å². The van der Waals surface area contributed by atoms with E-state index in [1.54, 1.807) is 7.11 Å². The van der Waals surface area contributed by atoms with E-state index >= 15 is 0 Å². The highest BCUT2D eigenvalue weighted by Gasteiger charge is 2.18. The molecule has 0 saturated carbocycles. The van der Waals surface area contributed by atoms with E-state index in [1.807, 2.05) is 0 Å². The van der Waals surface area contributed by atoms with Crippen molar-refractivity contribution < 1.29 is 9.84 Å². The van der Waals surface area contributed by atoms with Gasteiger partial charge in [0.15, 0.2) is 0 Å². The minimum absolute atomic E-state index is 0.172. The fourth-order valence-electron chi connectivity index (χ4n) is 2.18. The zero-order valence-electron chi connectivity index (χ0n) is 12.4. The Kier molecular flexibility index (Phi) is 5.21. The summed E-state index contributed by atoms with van der Waals surface area (Å²) in [7, 11) is 1.74. The maximum absolute atomic E-state index is 9.34. The predicted molar refractivity (Wildman–Crippen MR) is 76.7 cm³/mol. The van der Waals surface area contributed by atoms with Gasteiger partial charge >= 0.3 is 0 Å². The molecule has 0 aliphatic heterocycles. The van der Waals surface area contributed by atoms with Gasteiger partial charge in [0.1, 0.15) is 5.75 Å². The van der Waals surface area contributed by atoms with Crippen LogP contribution in [-0.2, 0) is 0 Å². The molecule has 1 aromatic rings. The highest BCUT2D eigenvalue weighted by Crippen LogP contribution is 2.37. The fourth-order valence-corrected chi connectivity index (χ4v) is 2.18. The van der Waals surface area contributed by atoms with Gasteiger partial charge in [0, 0.05) is 12.5 Å². The molecule has 1 aromatic carbocycles. The summed E-state index contributed by atoms with van der Waals surface area (Å²) in [5, 5.41) is 9.34. The Morgan fingerprint density at radius 2 is 1.44 bits per heavy atom. The van der Waals surface area contributed by atoms with Crippen molar-refractivity contribution in [2.45, 2.75) is 52.4 Å². The summed E-state index contributed by atoms with van der Waals surface area (Å²) in [5.41, 5.74) is 3.67. The minimum atomic E-state index is 0.172. The van der Waals surface area contributed by atoms with Gasteiger partial charge in [-0.3, -0.25) is 0 Å². The first-order valence-corrected chi connectivity index (χ1v) is 6.74. The molecule has 1 rings (SSSR count). The smallest absolute Gasteiger partial charge is 0.125 e. The molecule has 1 unspecified atom stereocenters. The molecule has 1 N–H and O–H groups in total. The van der Waals surface area contributed by atoms with Crippen molar-refractivity contribution in [2.75, 3.05) is 13.7 Å². The van der Waals surface area contributed by atoms with E-state index in [1.165, 1.54) is 16.7 Å². The average molecular weight is 250 g/mol. The molecule has 0 bridgehead atoms. The summed E-state index contributed by atoms with van der Waals surface area (Å²) in [5.74, 6) is 2.02. The highest BCUT2D eigenvalue weighted by atomic mass is 16.5. The molecule has 2 heteroatoms. The van der Waals surface area contributed by atoms with Gasteiger partial charge in [-0.15, -0.1) is 0 Å². The molecule has 0 aromatic heterocycles. The highest BCUT2D eigenvalue weighted by molar-refractivity contribution is 5.48. The first-order valence-electron chi connectivity index (χ1n) is 6.74. The molecule has 0 aliphatic carbocycles. The number of aliphatic hydroxyl groups excluding tert-OH is 1. The van der Waals surface area contributed by atoms with Gasteiger partial charge < -0.3 is 9.84 Å². The number of ether oxygens (including phenoxy) is 1. The molecular weight excluding hydrogens is 224 g/mol. The molecule has 1 atom stereocenters. The number of rotatable bonds is 5. The molecule has 0 fully saturated rings. The minimum Gasteiger partial charge on any atom is -0.496 e. The summed E-state index contributed by atoms with van der Waals surface area (Å²) in [6, 6.07) is 4.35. The van der Waals surface area contributed by atoms with Crippen molar-refractivity contribution in [1.82, 2.24) is 0 Å². The van der Waals surface area contributed by atoms with Gasteiger partial charge in [-0.2, -0.15) is 0 Å². The molecule has 0 spiro atoms. The maximum Gasteiger partial charge on any atom is 0.125 e. The predicted octanol–water partition coefficient (Wildman–Crippen LogP) is 4.04. The van der Waals surface area contributed by atoms with Crippen LogP contribution in [0.25, 0.3) is 0 Å². The Balaban J connectivity index is 3.43. The van der Waals surface area contributed by atoms with Crippen LogP contribution in [-0.4, -0.2) is 18.8 Å². The van der Waals surface area contributed by atoms with Crippen LogP contribution in [0.3, 0.4) is 0 Å². The van der Waals surface area contributed by atoms with E-state index < -0.39 is 0 Å². The van der Waals surface area contributed by atoms with Crippen molar-refractivity contribution in [3.8, 4) is 5.75 Å². The number of hydrogen-bond acceptors (Lipinski definition) is 2. The van der Waals surface area contributed by atoms with E-state index in [4.69, 9.17) is 4.74 Å². The fraction of sp³-hybridized carbons (Fsp3) is 0.625. The van der Waals surface area contributed by atoms with Gasteiger partial charge in [0.25, 0.3) is 0 Å². The second-order valence-corrected chi connectivity index (χ2v) is 5.63. The molecule has 2 nitrogen and oxygen atoms in total. The number of hydrogen-bond donors (Lipinski definition) is 1. The first kappa shape index (κ1) is 15.0. The van der Waals surface area contributed by atoms with Gasteiger partial charge in [-0.1, -0.05) is 46.8 Å². The van der Waals surface area contributed by atoms with Crippen LogP contribution >= 0.6 is 0 Å². The van der Waals surface area contributed by atoms with Crippen LogP contribution in [0.5, 0.6) is 5.75 Å². The monoisotopic (exact) mass is 250 g/mol. The van der Waals surface area contributed by atoms with E-state index in [-0.39, 0.29) is 12.5 Å². The molecule has 0 heterocycles. The number of aliphatic hydroxyl groups is 1. The zero-order valence-corrected chi connectivity index (χ0v) is 12.4. The third kappa shape index (κ3) is 3.05. The Bertz CT molecular complexity index is 365. The number of methoxy groups -OCH3 is 1. The molecule has 0 amide bonds. The zero-order chi connectivity index (χ0) is 13.9. The van der Waals surface area contributed by atoms with E-state index in [9.17, 15) is 5.11 Å². The summed E-state index contributed by atoms with van der Waals surface area (Å²) < 4.78 is 5.60.